The van der Waals surface area contributed by atoms with E-state index < -0.39 is 0 Å². The van der Waals surface area contributed by atoms with Crippen LogP contribution in [0, 0.1) is 0 Å². The van der Waals surface area contributed by atoms with Gasteiger partial charge in [0.15, 0.2) is 0 Å². The molecule has 0 amide bonds. The largest absolute Gasteiger partial charge is 0.0720 e. The first kappa shape index (κ1) is 31.6. The van der Waals surface area contributed by atoms with Gasteiger partial charge in [0.1, 0.15) is 0 Å². The number of benzene rings is 8. The molecular weight excluding hydrogens is 697 g/mol. The molecule has 58 heavy (non-hydrogen) atoms. The maximum atomic E-state index is 2.60. The zero-order valence-corrected chi connectivity index (χ0v) is 32.3. The maximum Gasteiger partial charge on any atom is 0.0295 e. The van der Waals surface area contributed by atoms with E-state index in [-0.39, 0.29) is 22.7 Å². The fourth-order valence-corrected chi connectivity index (χ4v) is 12.9. The highest BCUT2D eigenvalue weighted by atomic mass is 14.5. The van der Waals surface area contributed by atoms with E-state index in [1.54, 1.807) is 0 Å². The summed E-state index contributed by atoms with van der Waals surface area (Å²) in [5.74, 6) is 0.386. The van der Waals surface area contributed by atoms with Gasteiger partial charge >= 0.3 is 0 Å². The molecule has 0 N–H and O–H groups in total. The molecule has 0 radical (unpaired) electrons. The van der Waals surface area contributed by atoms with Crippen LogP contribution in [-0.4, -0.2) is 0 Å². The molecule has 2 atom stereocenters. The molecule has 6 aliphatic carbocycles. The number of rotatable bonds is 2. The smallest absolute Gasteiger partial charge is 0.0295 e. The molecule has 0 saturated heterocycles. The molecule has 2 unspecified atom stereocenters. The number of hydrogen-bond donors (Lipinski definition) is 0. The Bertz CT molecular complexity index is 2940. The second kappa shape index (κ2) is 11.1. The predicted molar refractivity (Wildman–Crippen MR) is 239 cm³/mol. The molecule has 8 aromatic rings. The van der Waals surface area contributed by atoms with Crippen molar-refractivity contribution < 1.29 is 0 Å². The minimum atomic E-state index is -0.00972. The van der Waals surface area contributed by atoms with Gasteiger partial charge in [0.25, 0.3) is 0 Å². The van der Waals surface area contributed by atoms with Crippen LogP contribution in [0.4, 0.5) is 0 Å². The minimum absolute atomic E-state index is 0.00972. The molecule has 0 heterocycles. The highest BCUT2D eigenvalue weighted by Crippen LogP contribution is 2.58. The summed E-state index contributed by atoms with van der Waals surface area (Å²) in [6, 6.07) is 61.3. The predicted octanol–water partition coefficient (Wildman–Crippen LogP) is 13.3. The lowest BCUT2D eigenvalue weighted by atomic mass is 9.72. The normalized spacial score (nSPS) is 19.6. The van der Waals surface area contributed by atoms with E-state index in [9.17, 15) is 0 Å². The van der Waals surface area contributed by atoms with E-state index in [2.05, 4.69) is 182 Å². The third-order valence-corrected chi connectivity index (χ3v) is 15.4. The quantitative estimate of drug-likeness (QED) is 0.166. The van der Waals surface area contributed by atoms with Gasteiger partial charge in [-0.05, 0) is 137 Å². The van der Waals surface area contributed by atoms with E-state index in [0.29, 0.717) is 0 Å². The second-order valence-corrected chi connectivity index (χ2v) is 18.0. The van der Waals surface area contributed by atoms with E-state index >= 15 is 0 Å². The Labute approximate surface area is 339 Å². The van der Waals surface area contributed by atoms with Gasteiger partial charge in [-0.2, -0.15) is 0 Å². The molecule has 272 valence electrons. The average molecular weight is 737 g/mol. The summed E-state index contributed by atoms with van der Waals surface area (Å²) < 4.78 is 0. The van der Waals surface area contributed by atoms with Crippen molar-refractivity contribution in [1.82, 2.24) is 0 Å². The van der Waals surface area contributed by atoms with Crippen molar-refractivity contribution in [2.45, 2.75) is 48.3 Å². The summed E-state index contributed by atoms with van der Waals surface area (Å²) in [4.78, 5) is 0. The van der Waals surface area contributed by atoms with Crippen LogP contribution < -0.4 is 0 Å². The van der Waals surface area contributed by atoms with Crippen LogP contribution in [0.1, 0.15) is 89.7 Å². The Morgan fingerprint density at radius 2 is 0.724 bits per heavy atom. The van der Waals surface area contributed by atoms with Gasteiger partial charge in [0.05, 0.1) is 0 Å². The summed E-state index contributed by atoms with van der Waals surface area (Å²) in [5.41, 5.74) is 26.0. The molecule has 0 fully saturated rings. The topological polar surface area (TPSA) is 0 Å². The van der Waals surface area contributed by atoms with Crippen molar-refractivity contribution in [3.63, 3.8) is 0 Å². The molecule has 0 bridgehead atoms. The van der Waals surface area contributed by atoms with Crippen molar-refractivity contribution in [2.24, 2.45) is 0 Å². The molecule has 0 heteroatoms. The second-order valence-electron chi connectivity index (χ2n) is 18.0. The Kier molecular flexibility index (Phi) is 6.05. The molecular formula is C58H40. The third-order valence-electron chi connectivity index (χ3n) is 15.4. The van der Waals surface area contributed by atoms with Gasteiger partial charge in [-0.3, -0.25) is 0 Å². The van der Waals surface area contributed by atoms with Crippen molar-refractivity contribution in [3.05, 3.63) is 248 Å². The first-order chi connectivity index (χ1) is 28.7. The fraction of sp³-hybridized carbons (Fsp3) is 0.138. The van der Waals surface area contributed by atoms with Crippen molar-refractivity contribution >= 4 is 22.9 Å². The van der Waals surface area contributed by atoms with Crippen molar-refractivity contribution in [2.75, 3.05) is 0 Å². The Morgan fingerprint density at radius 1 is 0.345 bits per heavy atom. The Balaban J connectivity index is 0.889. The van der Waals surface area contributed by atoms with E-state index in [1.165, 1.54) is 111 Å². The summed E-state index contributed by atoms with van der Waals surface area (Å²) in [6.07, 6.45) is 14.0. The van der Waals surface area contributed by atoms with Crippen LogP contribution in [0.25, 0.3) is 45.2 Å². The van der Waals surface area contributed by atoms with Crippen LogP contribution in [0.2, 0.25) is 0 Å². The Morgan fingerprint density at radius 3 is 1.16 bits per heavy atom. The first-order valence-corrected chi connectivity index (χ1v) is 21.3. The van der Waals surface area contributed by atoms with Gasteiger partial charge < -0.3 is 0 Å². The zero-order valence-electron chi connectivity index (χ0n) is 32.3. The van der Waals surface area contributed by atoms with E-state index in [0.717, 1.165) is 25.7 Å². The molecule has 14 rings (SSSR count). The minimum Gasteiger partial charge on any atom is -0.0720 e. The standard InChI is InChI=1S/C58H40/c1-2-10-40-32-57(31-39(40)9-1)51-15-7-5-13-45(51)47-25-21-37(29-53(47)57)43-23-19-35-17-18-36-20-24-44(50-28-27-49(43)55(35)56(36)50)38-22-26-48-46-14-6-8-16-52(46)58(54(48)30-38)33-41-11-3-4-12-42(41)34-58/h1-30,43-44H,31-34H2. The molecule has 8 aromatic carbocycles. The molecule has 0 aliphatic heterocycles. The molecule has 0 nitrogen and oxygen atoms in total. The Hall–Kier alpha value is -6.50. The maximum absolute atomic E-state index is 2.60. The van der Waals surface area contributed by atoms with Crippen LogP contribution in [0.15, 0.2) is 170 Å². The summed E-state index contributed by atoms with van der Waals surface area (Å²) in [5, 5.41) is 2.86. The lowest BCUT2D eigenvalue weighted by Crippen LogP contribution is -2.26. The van der Waals surface area contributed by atoms with Crippen LogP contribution >= 0.6 is 0 Å². The van der Waals surface area contributed by atoms with Gasteiger partial charge in [-0.15, -0.1) is 0 Å². The fourth-order valence-electron chi connectivity index (χ4n) is 12.9. The lowest BCUT2D eigenvalue weighted by Gasteiger charge is -2.30. The summed E-state index contributed by atoms with van der Waals surface area (Å²) in [6.45, 7) is 0. The molecule has 6 aliphatic rings. The van der Waals surface area contributed by atoms with Crippen LogP contribution in [-0.2, 0) is 36.5 Å². The van der Waals surface area contributed by atoms with Crippen LogP contribution in [0.3, 0.4) is 0 Å². The van der Waals surface area contributed by atoms with Gasteiger partial charge in [-0.1, -0.05) is 182 Å². The number of hydrogen-bond acceptors (Lipinski definition) is 0. The highest BCUT2D eigenvalue weighted by Gasteiger charge is 2.48. The van der Waals surface area contributed by atoms with E-state index in [1.807, 2.05) is 0 Å². The van der Waals surface area contributed by atoms with Crippen LogP contribution in [0.5, 0.6) is 0 Å². The van der Waals surface area contributed by atoms with Gasteiger partial charge in [0, 0.05) is 22.7 Å². The zero-order chi connectivity index (χ0) is 37.7. The number of allylic oxidation sites excluding steroid dienone is 2. The van der Waals surface area contributed by atoms with Crippen molar-refractivity contribution in [3.8, 4) is 22.3 Å². The summed E-state index contributed by atoms with van der Waals surface area (Å²) >= 11 is 0. The number of fused-ring (bicyclic) bond motifs is 12. The molecule has 2 spiro atoms. The monoisotopic (exact) mass is 736 g/mol. The summed E-state index contributed by atoms with van der Waals surface area (Å²) in [7, 11) is 0. The van der Waals surface area contributed by atoms with E-state index in [4.69, 9.17) is 0 Å². The highest BCUT2D eigenvalue weighted by molar-refractivity contribution is 6.04. The first-order valence-electron chi connectivity index (χ1n) is 21.3. The lowest BCUT2D eigenvalue weighted by molar-refractivity contribution is 0.563. The third kappa shape index (κ3) is 3.96. The van der Waals surface area contributed by atoms with Crippen molar-refractivity contribution in [1.29, 1.82) is 0 Å². The molecule has 0 saturated carbocycles. The average Bonchev–Trinajstić information content (AvgIpc) is 4.01. The SMILES string of the molecule is C1=CC(c2ccc3c(c2)C2(Cc4ccccc4C2)c2ccccc2-3)c2ccc3c4c(ccc1c24)C=CC3c1ccc2c(c1)C1(Cc3ccccc3C1)c1ccccc1-2. The van der Waals surface area contributed by atoms with Gasteiger partial charge in [0.2, 0.25) is 0 Å². The molecule has 0 aromatic heterocycles. The van der Waals surface area contributed by atoms with Gasteiger partial charge in [-0.25, -0.2) is 0 Å².